The average molecular weight is 294 g/mol. The number of phenols is 1. The first-order valence-electron chi connectivity index (χ1n) is 7.78. The van der Waals surface area contributed by atoms with E-state index in [0.717, 1.165) is 16.2 Å². The Labute approximate surface area is 133 Å². The summed E-state index contributed by atoms with van der Waals surface area (Å²) in [6.45, 7) is 0. The number of benzene rings is 5. The van der Waals surface area contributed by atoms with Crippen LogP contribution in [0.5, 0.6) is 5.75 Å². The van der Waals surface area contributed by atoms with E-state index in [1.807, 2.05) is 24.3 Å². The highest BCUT2D eigenvalue weighted by atomic mass is 16.3. The van der Waals surface area contributed by atoms with Crippen LogP contribution in [0.3, 0.4) is 0 Å². The van der Waals surface area contributed by atoms with Gasteiger partial charge in [0.25, 0.3) is 0 Å². The molecule has 0 saturated carbocycles. The normalized spacial score (nSPS) is 11.7. The molecule has 1 nitrogen and oxygen atoms in total. The van der Waals surface area contributed by atoms with Gasteiger partial charge in [0, 0.05) is 5.39 Å². The standard InChI is InChI=1S/C22H14O/c23-21-13-20-16-9-2-1-7-14(16)15-8-3-5-11-18(15)22(20)19-12-6-4-10-17(19)21/h1-13,23H. The van der Waals surface area contributed by atoms with Crippen LogP contribution in [0.15, 0.2) is 78.9 Å². The average Bonchev–Trinajstić information content (AvgIpc) is 2.62. The molecule has 5 aromatic carbocycles. The molecule has 1 heteroatoms. The molecule has 0 heterocycles. The van der Waals surface area contributed by atoms with Gasteiger partial charge in [-0.3, -0.25) is 0 Å². The fourth-order valence-corrected chi connectivity index (χ4v) is 3.75. The Kier molecular flexibility index (Phi) is 2.42. The number of hydrogen-bond acceptors (Lipinski definition) is 1. The zero-order valence-corrected chi connectivity index (χ0v) is 12.5. The summed E-state index contributed by atoms with van der Waals surface area (Å²) in [7, 11) is 0. The molecule has 0 spiro atoms. The molecule has 0 aliphatic heterocycles. The molecule has 0 amide bonds. The molecule has 108 valence electrons. The maximum Gasteiger partial charge on any atom is 0.124 e. The van der Waals surface area contributed by atoms with Crippen LogP contribution in [0.1, 0.15) is 0 Å². The highest BCUT2D eigenvalue weighted by Crippen LogP contribution is 2.41. The zero-order chi connectivity index (χ0) is 15.4. The highest BCUT2D eigenvalue weighted by Gasteiger charge is 2.12. The van der Waals surface area contributed by atoms with Crippen LogP contribution in [0.2, 0.25) is 0 Å². The molecule has 0 radical (unpaired) electrons. The van der Waals surface area contributed by atoms with Crippen molar-refractivity contribution in [2.24, 2.45) is 0 Å². The van der Waals surface area contributed by atoms with E-state index >= 15 is 0 Å². The highest BCUT2D eigenvalue weighted by molar-refractivity contribution is 6.32. The van der Waals surface area contributed by atoms with Gasteiger partial charge in [0.1, 0.15) is 5.75 Å². The second-order valence-corrected chi connectivity index (χ2v) is 5.96. The Bertz CT molecular complexity index is 1220. The third kappa shape index (κ3) is 1.62. The minimum Gasteiger partial charge on any atom is -0.507 e. The Morgan fingerprint density at radius 2 is 0.826 bits per heavy atom. The summed E-state index contributed by atoms with van der Waals surface area (Å²) in [6.07, 6.45) is 0. The lowest BCUT2D eigenvalue weighted by atomic mass is 9.91. The van der Waals surface area contributed by atoms with Crippen molar-refractivity contribution in [1.82, 2.24) is 0 Å². The van der Waals surface area contributed by atoms with Crippen molar-refractivity contribution in [3.8, 4) is 5.75 Å². The Morgan fingerprint density at radius 1 is 0.435 bits per heavy atom. The van der Waals surface area contributed by atoms with Gasteiger partial charge in [-0.1, -0.05) is 72.8 Å². The Morgan fingerprint density at radius 3 is 1.43 bits per heavy atom. The SMILES string of the molecule is Oc1cc2c3ccccc3c3ccccc3c2c2ccccc12. The fourth-order valence-electron chi connectivity index (χ4n) is 3.75. The molecular weight excluding hydrogens is 280 g/mol. The first kappa shape index (κ1) is 12.5. The zero-order valence-electron chi connectivity index (χ0n) is 12.5. The van der Waals surface area contributed by atoms with Crippen LogP contribution in [-0.4, -0.2) is 5.11 Å². The number of phenolic OH excluding ortho intramolecular Hbond substituents is 1. The summed E-state index contributed by atoms with van der Waals surface area (Å²) < 4.78 is 0. The third-order valence-electron chi connectivity index (χ3n) is 4.73. The van der Waals surface area contributed by atoms with E-state index in [0.29, 0.717) is 5.75 Å². The van der Waals surface area contributed by atoms with E-state index in [2.05, 4.69) is 54.6 Å². The van der Waals surface area contributed by atoms with Crippen LogP contribution in [-0.2, 0) is 0 Å². The number of hydrogen-bond donors (Lipinski definition) is 1. The fraction of sp³-hybridized carbons (Fsp3) is 0. The molecule has 0 unspecified atom stereocenters. The summed E-state index contributed by atoms with van der Waals surface area (Å²) in [5.74, 6) is 0.341. The number of rotatable bonds is 0. The van der Waals surface area contributed by atoms with Gasteiger partial charge in [-0.15, -0.1) is 0 Å². The van der Waals surface area contributed by atoms with E-state index in [1.165, 1.54) is 26.9 Å². The van der Waals surface area contributed by atoms with Crippen molar-refractivity contribution in [3.05, 3.63) is 78.9 Å². The maximum absolute atomic E-state index is 10.5. The lowest BCUT2D eigenvalue weighted by Crippen LogP contribution is -1.85. The Hall–Kier alpha value is -3.06. The van der Waals surface area contributed by atoms with Crippen LogP contribution >= 0.6 is 0 Å². The van der Waals surface area contributed by atoms with Crippen LogP contribution < -0.4 is 0 Å². The molecule has 0 fully saturated rings. The van der Waals surface area contributed by atoms with E-state index in [-0.39, 0.29) is 0 Å². The second-order valence-electron chi connectivity index (χ2n) is 5.96. The monoisotopic (exact) mass is 294 g/mol. The molecule has 5 aromatic rings. The maximum atomic E-state index is 10.5. The predicted octanol–water partition coefficient (Wildman–Crippen LogP) is 6.01. The van der Waals surface area contributed by atoms with Gasteiger partial charge in [0.15, 0.2) is 0 Å². The summed E-state index contributed by atoms with van der Waals surface area (Å²) >= 11 is 0. The van der Waals surface area contributed by atoms with E-state index < -0.39 is 0 Å². The molecule has 0 aliphatic rings. The van der Waals surface area contributed by atoms with Gasteiger partial charge in [0.05, 0.1) is 0 Å². The smallest absolute Gasteiger partial charge is 0.124 e. The summed E-state index contributed by atoms with van der Waals surface area (Å²) in [5.41, 5.74) is 0. The molecular formula is C22H14O. The van der Waals surface area contributed by atoms with Gasteiger partial charge in [-0.05, 0) is 43.8 Å². The number of aromatic hydroxyl groups is 1. The number of fused-ring (bicyclic) bond motifs is 8. The minimum atomic E-state index is 0.341. The van der Waals surface area contributed by atoms with Crippen LogP contribution in [0, 0.1) is 0 Å². The van der Waals surface area contributed by atoms with Gasteiger partial charge in [-0.25, -0.2) is 0 Å². The third-order valence-corrected chi connectivity index (χ3v) is 4.73. The molecule has 23 heavy (non-hydrogen) atoms. The summed E-state index contributed by atoms with van der Waals surface area (Å²) in [5, 5.41) is 19.7. The summed E-state index contributed by atoms with van der Waals surface area (Å²) in [6, 6.07) is 26.9. The summed E-state index contributed by atoms with van der Waals surface area (Å²) in [4.78, 5) is 0. The molecule has 1 N–H and O–H groups in total. The van der Waals surface area contributed by atoms with Crippen molar-refractivity contribution in [3.63, 3.8) is 0 Å². The second kappa shape index (κ2) is 4.47. The van der Waals surface area contributed by atoms with Crippen molar-refractivity contribution < 1.29 is 5.11 Å². The molecule has 0 saturated heterocycles. The van der Waals surface area contributed by atoms with Gasteiger partial charge < -0.3 is 5.11 Å². The van der Waals surface area contributed by atoms with E-state index in [9.17, 15) is 5.11 Å². The first-order chi connectivity index (χ1) is 11.3. The van der Waals surface area contributed by atoms with Crippen LogP contribution in [0.4, 0.5) is 0 Å². The first-order valence-corrected chi connectivity index (χ1v) is 7.78. The topological polar surface area (TPSA) is 20.2 Å². The molecule has 0 aliphatic carbocycles. The lowest BCUT2D eigenvalue weighted by Gasteiger charge is -2.13. The van der Waals surface area contributed by atoms with Crippen molar-refractivity contribution >= 4 is 43.1 Å². The van der Waals surface area contributed by atoms with Crippen molar-refractivity contribution in [2.75, 3.05) is 0 Å². The molecule has 0 bridgehead atoms. The van der Waals surface area contributed by atoms with E-state index in [1.54, 1.807) is 0 Å². The van der Waals surface area contributed by atoms with E-state index in [4.69, 9.17) is 0 Å². The molecule has 5 rings (SSSR count). The van der Waals surface area contributed by atoms with Gasteiger partial charge in [-0.2, -0.15) is 0 Å². The minimum absolute atomic E-state index is 0.341. The Balaban J connectivity index is 2.25. The molecule has 0 aromatic heterocycles. The van der Waals surface area contributed by atoms with Gasteiger partial charge in [0.2, 0.25) is 0 Å². The van der Waals surface area contributed by atoms with Gasteiger partial charge >= 0.3 is 0 Å². The predicted molar refractivity (Wildman–Crippen MR) is 98.1 cm³/mol. The van der Waals surface area contributed by atoms with Crippen molar-refractivity contribution in [2.45, 2.75) is 0 Å². The molecule has 0 atom stereocenters. The quantitative estimate of drug-likeness (QED) is 0.347. The largest absolute Gasteiger partial charge is 0.507 e. The van der Waals surface area contributed by atoms with Crippen LogP contribution in [0.25, 0.3) is 43.1 Å². The van der Waals surface area contributed by atoms with Crippen molar-refractivity contribution in [1.29, 1.82) is 0 Å². The lowest BCUT2D eigenvalue weighted by molar-refractivity contribution is 0.482.